The molecule has 3 heteroatoms. The van der Waals surface area contributed by atoms with Gasteiger partial charge in [-0.3, -0.25) is 4.68 Å². The summed E-state index contributed by atoms with van der Waals surface area (Å²) in [6.45, 7) is 7.31. The first-order valence-electron chi connectivity index (χ1n) is 7.28. The van der Waals surface area contributed by atoms with Crippen LogP contribution < -0.4 is 0 Å². The molecule has 2 atom stereocenters. The molecule has 1 aliphatic carbocycles. The molecule has 0 aromatic carbocycles. The third kappa shape index (κ3) is 3.14. The van der Waals surface area contributed by atoms with Crippen LogP contribution in [0.5, 0.6) is 0 Å². The van der Waals surface area contributed by atoms with Crippen molar-refractivity contribution in [2.75, 3.05) is 0 Å². The van der Waals surface area contributed by atoms with Crippen molar-refractivity contribution in [2.24, 2.45) is 5.92 Å². The summed E-state index contributed by atoms with van der Waals surface area (Å²) in [4.78, 5) is 0. The highest BCUT2D eigenvalue weighted by molar-refractivity contribution is 5.12. The van der Waals surface area contributed by atoms with E-state index in [0.717, 1.165) is 50.3 Å². The molecular weight excluding hydrogens is 224 g/mol. The molecule has 1 saturated carbocycles. The van der Waals surface area contributed by atoms with Gasteiger partial charge in [0.25, 0.3) is 0 Å². The van der Waals surface area contributed by atoms with Crippen molar-refractivity contribution in [3.05, 3.63) is 17.5 Å². The molecular formula is C15H26N2O. The lowest BCUT2D eigenvalue weighted by atomic mass is 9.89. The summed E-state index contributed by atoms with van der Waals surface area (Å²) >= 11 is 0. The number of nitrogens with zero attached hydrogens (tertiary/aromatic N) is 2. The van der Waals surface area contributed by atoms with Crippen LogP contribution >= 0.6 is 0 Å². The van der Waals surface area contributed by atoms with Gasteiger partial charge in [-0.1, -0.05) is 19.8 Å². The van der Waals surface area contributed by atoms with Crippen molar-refractivity contribution in [3.63, 3.8) is 0 Å². The zero-order chi connectivity index (χ0) is 13.2. The van der Waals surface area contributed by atoms with Crippen LogP contribution in [0, 0.1) is 12.8 Å². The van der Waals surface area contributed by atoms with Crippen molar-refractivity contribution in [1.82, 2.24) is 9.78 Å². The van der Waals surface area contributed by atoms with Gasteiger partial charge in [0.05, 0.1) is 11.3 Å². The summed E-state index contributed by atoms with van der Waals surface area (Å²) in [5, 5.41) is 15.3. The van der Waals surface area contributed by atoms with Crippen molar-refractivity contribution < 1.29 is 5.11 Å². The lowest BCUT2D eigenvalue weighted by Gasteiger charge is -2.26. The van der Waals surface area contributed by atoms with Crippen molar-refractivity contribution in [1.29, 1.82) is 0 Å². The van der Waals surface area contributed by atoms with E-state index in [1.54, 1.807) is 0 Å². The van der Waals surface area contributed by atoms with Gasteiger partial charge in [-0.25, -0.2) is 0 Å². The third-order valence-electron chi connectivity index (χ3n) is 4.24. The minimum Gasteiger partial charge on any atom is -0.389 e. The van der Waals surface area contributed by atoms with E-state index in [4.69, 9.17) is 0 Å². The molecule has 0 aliphatic heterocycles. The van der Waals surface area contributed by atoms with Crippen LogP contribution in [-0.4, -0.2) is 20.5 Å². The van der Waals surface area contributed by atoms with Crippen molar-refractivity contribution >= 4 is 0 Å². The Hall–Kier alpha value is -0.830. The Morgan fingerprint density at radius 3 is 2.94 bits per heavy atom. The van der Waals surface area contributed by atoms with Gasteiger partial charge in [-0.2, -0.15) is 5.10 Å². The molecule has 102 valence electrons. The van der Waals surface area contributed by atoms with Crippen LogP contribution in [-0.2, 0) is 13.0 Å². The molecule has 1 fully saturated rings. The monoisotopic (exact) mass is 250 g/mol. The maximum absolute atomic E-state index is 10.8. The van der Waals surface area contributed by atoms with Gasteiger partial charge in [0, 0.05) is 18.7 Å². The van der Waals surface area contributed by atoms with Gasteiger partial charge < -0.3 is 5.11 Å². The molecule has 0 spiro atoms. The Balaban J connectivity index is 2.11. The largest absolute Gasteiger partial charge is 0.389 e. The highest BCUT2D eigenvalue weighted by Gasteiger charge is 2.31. The Morgan fingerprint density at radius 1 is 1.44 bits per heavy atom. The minimum atomic E-state index is -0.510. The van der Waals surface area contributed by atoms with E-state index in [2.05, 4.69) is 25.0 Å². The van der Waals surface area contributed by atoms with E-state index >= 15 is 0 Å². The summed E-state index contributed by atoms with van der Waals surface area (Å²) in [6.07, 6.45) is 6.18. The number of aryl methyl sites for hydroxylation is 2. The lowest BCUT2D eigenvalue weighted by Crippen LogP contribution is -2.31. The van der Waals surface area contributed by atoms with Crippen LogP contribution in [0.4, 0.5) is 0 Å². The number of hydrogen-bond acceptors (Lipinski definition) is 2. The van der Waals surface area contributed by atoms with E-state index in [0.29, 0.717) is 0 Å². The molecule has 2 unspecified atom stereocenters. The molecule has 1 aliphatic rings. The van der Waals surface area contributed by atoms with E-state index < -0.39 is 5.60 Å². The number of rotatable bonds is 3. The van der Waals surface area contributed by atoms with Gasteiger partial charge in [0.2, 0.25) is 0 Å². The fraction of sp³-hybridized carbons (Fsp3) is 0.800. The summed E-state index contributed by atoms with van der Waals surface area (Å²) in [5.74, 6) is 0.761. The zero-order valence-corrected chi connectivity index (χ0v) is 11.9. The van der Waals surface area contributed by atoms with Crippen molar-refractivity contribution in [2.45, 2.75) is 71.4 Å². The van der Waals surface area contributed by atoms with Gasteiger partial charge in [-0.15, -0.1) is 0 Å². The molecule has 0 radical (unpaired) electrons. The quantitative estimate of drug-likeness (QED) is 0.837. The number of hydrogen-bond donors (Lipinski definition) is 1. The highest BCUT2D eigenvalue weighted by atomic mass is 16.3. The first-order chi connectivity index (χ1) is 8.52. The molecule has 1 aromatic heterocycles. The standard InChI is InChI=1S/C15H26N2O/c1-4-17-14(10-13(3)16-17)11-15(18)8-5-6-12(2)7-9-15/h10,12,18H,4-9,11H2,1-3H3. The van der Waals surface area contributed by atoms with E-state index in [1.807, 2.05) is 11.6 Å². The van der Waals surface area contributed by atoms with E-state index in [-0.39, 0.29) is 0 Å². The molecule has 0 bridgehead atoms. The van der Waals surface area contributed by atoms with Crippen molar-refractivity contribution in [3.8, 4) is 0 Å². The second-order valence-corrected chi connectivity index (χ2v) is 6.03. The van der Waals surface area contributed by atoms with Gasteiger partial charge in [0.15, 0.2) is 0 Å². The third-order valence-corrected chi connectivity index (χ3v) is 4.24. The van der Waals surface area contributed by atoms with E-state index in [9.17, 15) is 5.11 Å². The van der Waals surface area contributed by atoms with Crippen LogP contribution in [0.15, 0.2) is 6.07 Å². The van der Waals surface area contributed by atoms with E-state index in [1.165, 1.54) is 12.1 Å². The molecule has 1 heterocycles. The fourth-order valence-electron chi connectivity index (χ4n) is 3.09. The van der Waals surface area contributed by atoms with Gasteiger partial charge in [0.1, 0.15) is 0 Å². The first kappa shape index (κ1) is 13.6. The summed E-state index contributed by atoms with van der Waals surface area (Å²) in [6, 6.07) is 2.12. The Bertz CT molecular complexity index is 399. The SMILES string of the molecule is CCn1nc(C)cc1CC1(O)CCCC(C)CC1. The molecule has 3 nitrogen and oxygen atoms in total. The zero-order valence-electron chi connectivity index (χ0n) is 11.9. The van der Waals surface area contributed by atoms with Crippen LogP contribution in [0.2, 0.25) is 0 Å². The van der Waals surface area contributed by atoms with Crippen LogP contribution in [0.25, 0.3) is 0 Å². The first-order valence-corrected chi connectivity index (χ1v) is 7.28. The summed E-state index contributed by atoms with van der Waals surface area (Å²) in [7, 11) is 0. The molecule has 0 amide bonds. The van der Waals surface area contributed by atoms with Gasteiger partial charge >= 0.3 is 0 Å². The number of aromatic nitrogens is 2. The predicted molar refractivity (Wildman–Crippen MR) is 73.5 cm³/mol. The summed E-state index contributed by atoms with van der Waals surface area (Å²) < 4.78 is 2.03. The molecule has 18 heavy (non-hydrogen) atoms. The fourth-order valence-corrected chi connectivity index (χ4v) is 3.09. The topological polar surface area (TPSA) is 38.0 Å². The second kappa shape index (κ2) is 5.43. The molecule has 0 saturated heterocycles. The minimum absolute atomic E-state index is 0.510. The smallest absolute Gasteiger partial charge is 0.0703 e. The molecule has 2 rings (SSSR count). The maximum Gasteiger partial charge on any atom is 0.0703 e. The molecule has 1 N–H and O–H groups in total. The predicted octanol–water partition coefficient (Wildman–Crippen LogP) is 3.09. The average molecular weight is 250 g/mol. The Kier molecular flexibility index (Phi) is 4.10. The number of aliphatic hydroxyl groups is 1. The second-order valence-electron chi connectivity index (χ2n) is 6.03. The lowest BCUT2D eigenvalue weighted by molar-refractivity contribution is 0.0225. The Labute approximate surface area is 110 Å². The Morgan fingerprint density at radius 2 is 2.22 bits per heavy atom. The highest BCUT2D eigenvalue weighted by Crippen LogP contribution is 2.32. The maximum atomic E-state index is 10.8. The van der Waals surface area contributed by atoms with Crippen LogP contribution in [0.3, 0.4) is 0 Å². The summed E-state index contributed by atoms with van der Waals surface area (Å²) in [5.41, 5.74) is 1.73. The van der Waals surface area contributed by atoms with Gasteiger partial charge in [-0.05, 0) is 45.1 Å². The normalized spacial score (nSPS) is 29.2. The van der Waals surface area contributed by atoms with Crippen LogP contribution in [0.1, 0.15) is 57.3 Å². The molecule has 1 aromatic rings. The average Bonchev–Trinajstić information content (AvgIpc) is 2.57.